The van der Waals surface area contributed by atoms with Gasteiger partial charge in [-0.1, -0.05) is 74.0 Å². The second kappa shape index (κ2) is 15.0. The lowest BCUT2D eigenvalue weighted by Gasteiger charge is -2.18. The van der Waals surface area contributed by atoms with Gasteiger partial charge in [0, 0.05) is 17.4 Å². The predicted molar refractivity (Wildman–Crippen MR) is 171 cm³/mol. The van der Waals surface area contributed by atoms with Crippen LogP contribution in [0.25, 0.3) is 22.5 Å². The molecule has 0 fully saturated rings. The number of hydrogen-bond acceptors (Lipinski definition) is 6. The first-order valence-corrected chi connectivity index (χ1v) is 16.8. The van der Waals surface area contributed by atoms with Gasteiger partial charge in [0.05, 0.1) is 12.4 Å². The minimum absolute atomic E-state index is 0.232. The minimum Gasteiger partial charge on any atom is -0.480 e. The van der Waals surface area contributed by atoms with Gasteiger partial charge in [0.1, 0.15) is 34.0 Å². The predicted octanol–water partition coefficient (Wildman–Crippen LogP) is 6.60. The van der Waals surface area contributed by atoms with Crippen molar-refractivity contribution in [2.75, 3.05) is 12.0 Å². The van der Waals surface area contributed by atoms with E-state index in [1.165, 1.54) is 0 Å². The van der Waals surface area contributed by atoms with E-state index in [4.69, 9.17) is 9.15 Å². The summed E-state index contributed by atoms with van der Waals surface area (Å²) in [5.41, 5.74) is 5.64. The van der Waals surface area contributed by atoms with E-state index in [1.54, 1.807) is 12.1 Å². The number of benzene rings is 3. The number of amides is 1. The Morgan fingerprint density at radius 2 is 1.68 bits per heavy atom. The summed E-state index contributed by atoms with van der Waals surface area (Å²) in [4.78, 5) is 25.2. The minimum atomic E-state index is -3.40. The van der Waals surface area contributed by atoms with Gasteiger partial charge in [-0.2, -0.15) is 0 Å². The van der Waals surface area contributed by atoms with E-state index in [0.29, 0.717) is 5.56 Å². The molecule has 0 spiro atoms. The number of carboxylic acids is 1. The van der Waals surface area contributed by atoms with Crippen molar-refractivity contribution in [3.05, 3.63) is 107 Å². The van der Waals surface area contributed by atoms with E-state index in [-0.39, 0.29) is 31.0 Å². The Bertz CT molecular complexity index is 1690. The van der Waals surface area contributed by atoms with Gasteiger partial charge in [-0.3, -0.25) is 4.79 Å². The molecule has 2 N–H and O–H groups in total. The first-order chi connectivity index (χ1) is 21.1. The quantitative estimate of drug-likeness (QED) is 0.154. The van der Waals surface area contributed by atoms with Crippen molar-refractivity contribution in [2.24, 2.45) is 0 Å². The lowest BCUT2D eigenvalue weighted by molar-refractivity contribution is -0.139. The van der Waals surface area contributed by atoms with E-state index >= 15 is 0 Å². The fourth-order valence-electron chi connectivity index (χ4n) is 4.98. The van der Waals surface area contributed by atoms with Crippen LogP contribution >= 0.6 is 0 Å². The number of unbranched alkanes of at least 4 members (excludes halogenated alkanes) is 1. The number of carbonyl (C=O) groups excluding carboxylic acids is 1. The van der Waals surface area contributed by atoms with Crippen LogP contribution in [0.3, 0.4) is 0 Å². The lowest BCUT2D eigenvalue weighted by atomic mass is 9.93. The summed E-state index contributed by atoms with van der Waals surface area (Å²) in [6.07, 6.45) is 3.81. The number of carboxylic acid groups (broad SMARTS) is 1. The highest BCUT2D eigenvalue weighted by Crippen LogP contribution is 2.30. The highest BCUT2D eigenvalue weighted by molar-refractivity contribution is 7.90. The largest absolute Gasteiger partial charge is 0.480 e. The van der Waals surface area contributed by atoms with E-state index in [9.17, 15) is 23.1 Å². The van der Waals surface area contributed by atoms with Gasteiger partial charge >= 0.3 is 5.97 Å². The first-order valence-electron chi connectivity index (χ1n) is 14.7. The number of aryl methyl sites for hydroxylation is 2. The fraction of sp³-hybridized carbons (Fsp3) is 0.314. The van der Waals surface area contributed by atoms with Gasteiger partial charge in [0.2, 0.25) is 0 Å². The molecule has 3 aromatic carbocycles. The van der Waals surface area contributed by atoms with Crippen LogP contribution in [0, 0.1) is 6.92 Å². The molecule has 0 bridgehead atoms. The second-order valence-electron chi connectivity index (χ2n) is 11.0. The Balaban J connectivity index is 1.56. The Labute approximate surface area is 259 Å². The number of hydrogen-bond donors (Lipinski definition) is 2. The Hall–Kier alpha value is -4.21. The molecule has 0 aliphatic carbocycles. The Morgan fingerprint density at radius 3 is 2.36 bits per heavy atom. The Kier molecular flexibility index (Phi) is 11.1. The average molecular weight is 618 g/mol. The van der Waals surface area contributed by atoms with Gasteiger partial charge in [-0.25, -0.2) is 13.2 Å². The van der Waals surface area contributed by atoms with Crippen molar-refractivity contribution in [3.8, 4) is 22.5 Å². The molecular formula is C35H39NO7S. The van der Waals surface area contributed by atoms with Gasteiger partial charge < -0.3 is 19.6 Å². The van der Waals surface area contributed by atoms with Crippen LogP contribution in [-0.4, -0.2) is 43.5 Å². The van der Waals surface area contributed by atoms with Gasteiger partial charge in [0.25, 0.3) is 5.91 Å². The normalized spacial score (nSPS) is 12.2. The van der Waals surface area contributed by atoms with E-state index in [2.05, 4.69) is 18.3 Å². The highest BCUT2D eigenvalue weighted by atomic mass is 32.2. The fourth-order valence-corrected chi connectivity index (χ4v) is 5.64. The van der Waals surface area contributed by atoms with E-state index < -0.39 is 27.8 Å². The zero-order valence-electron chi connectivity index (χ0n) is 25.3. The summed E-state index contributed by atoms with van der Waals surface area (Å²) in [7, 11) is -3.40. The molecule has 0 saturated carbocycles. The third kappa shape index (κ3) is 8.90. The maximum Gasteiger partial charge on any atom is 0.326 e. The van der Waals surface area contributed by atoms with Crippen molar-refractivity contribution < 1.29 is 32.3 Å². The van der Waals surface area contributed by atoms with Crippen LogP contribution in [-0.2, 0) is 39.0 Å². The van der Waals surface area contributed by atoms with Crippen LogP contribution < -0.4 is 5.32 Å². The molecule has 0 saturated heterocycles. The van der Waals surface area contributed by atoms with Crippen molar-refractivity contribution >= 4 is 21.7 Å². The molecule has 4 rings (SSSR count). The highest BCUT2D eigenvalue weighted by Gasteiger charge is 2.24. The van der Waals surface area contributed by atoms with Crippen LogP contribution in [0.1, 0.15) is 59.0 Å². The third-order valence-corrected chi connectivity index (χ3v) is 8.38. The zero-order valence-corrected chi connectivity index (χ0v) is 26.2. The van der Waals surface area contributed by atoms with Gasteiger partial charge in [0.15, 0.2) is 0 Å². The number of sulfone groups is 1. The summed E-state index contributed by atoms with van der Waals surface area (Å²) in [5.74, 6) is -0.643. The maximum atomic E-state index is 13.4. The van der Waals surface area contributed by atoms with Crippen LogP contribution in [0.4, 0.5) is 0 Å². The number of furan rings is 1. The average Bonchev–Trinajstić information content (AvgIpc) is 3.41. The summed E-state index contributed by atoms with van der Waals surface area (Å²) < 4.78 is 35.6. The molecule has 1 atom stereocenters. The number of carbonyl (C=O) groups is 2. The molecule has 232 valence electrons. The van der Waals surface area contributed by atoms with Crippen molar-refractivity contribution in [3.63, 3.8) is 0 Å². The zero-order chi connectivity index (χ0) is 31.7. The van der Waals surface area contributed by atoms with Crippen LogP contribution in [0.15, 0.2) is 83.3 Å². The second-order valence-corrected chi connectivity index (χ2v) is 13.3. The molecule has 0 aliphatic heterocycles. The number of ether oxygens (including phenoxy) is 1. The van der Waals surface area contributed by atoms with Crippen molar-refractivity contribution in [2.45, 2.75) is 58.8 Å². The lowest BCUT2D eigenvalue weighted by Crippen LogP contribution is -2.42. The molecule has 0 unspecified atom stereocenters. The summed E-state index contributed by atoms with van der Waals surface area (Å²) in [6.45, 7) is 4.64. The summed E-state index contributed by atoms with van der Waals surface area (Å²) in [6, 6.07) is 23.6. The monoisotopic (exact) mass is 617 g/mol. The number of aliphatic carboxylic acids is 1. The van der Waals surface area contributed by atoms with Crippen LogP contribution in [0.2, 0.25) is 0 Å². The van der Waals surface area contributed by atoms with Gasteiger partial charge in [-0.15, -0.1) is 0 Å². The molecule has 4 aromatic rings. The topological polar surface area (TPSA) is 123 Å². The number of nitrogens with one attached hydrogen (secondary N) is 1. The molecule has 1 aromatic heterocycles. The molecule has 0 radical (unpaired) electrons. The first kappa shape index (κ1) is 32.7. The van der Waals surface area contributed by atoms with E-state index in [1.807, 2.05) is 67.6 Å². The Morgan fingerprint density at radius 1 is 0.955 bits per heavy atom. The molecule has 9 heteroatoms. The van der Waals surface area contributed by atoms with Gasteiger partial charge in [-0.05, 0) is 72.2 Å². The summed E-state index contributed by atoms with van der Waals surface area (Å²) in [5, 5.41) is 12.1. The molecule has 0 aliphatic rings. The molecule has 44 heavy (non-hydrogen) atoms. The maximum absolute atomic E-state index is 13.4. The van der Waals surface area contributed by atoms with Crippen molar-refractivity contribution in [1.29, 1.82) is 0 Å². The van der Waals surface area contributed by atoms with Crippen LogP contribution in [0.5, 0.6) is 0 Å². The molecule has 1 amide bonds. The SMILES string of the molecule is CCCCc1cc(-c2ccccc2)oc1COCc1ccc(C(=O)N[C@@H](CCS(C)(=O)=O)C(=O)O)c(-c2ccccc2C)c1. The molecule has 8 nitrogen and oxygen atoms in total. The third-order valence-electron chi connectivity index (χ3n) is 7.40. The summed E-state index contributed by atoms with van der Waals surface area (Å²) >= 11 is 0. The smallest absolute Gasteiger partial charge is 0.326 e. The number of rotatable bonds is 15. The molecule has 1 heterocycles. The van der Waals surface area contributed by atoms with E-state index in [0.717, 1.165) is 64.9 Å². The molecular weight excluding hydrogens is 578 g/mol. The van der Waals surface area contributed by atoms with Crippen molar-refractivity contribution in [1.82, 2.24) is 5.32 Å². The standard InChI is InChI=1S/C35H39NO7S/c1-4-5-12-27-21-32(26-13-7-6-8-14-26)43-33(27)23-42-22-25-16-17-29(30(20-25)28-15-10-9-11-24(28)2)34(37)36-31(35(38)39)18-19-44(3,40)41/h6-11,13-17,20-21,31H,4-5,12,18-19,22-23H2,1-3H3,(H,36,37)(H,38,39)/t31-/m0/s1.